The molecule has 0 aromatic heterocycles. The van der Waals surface area contributed by atoms with Crippen molar-refractivity contribution in [3.05, 3.63) is 60.2 Å². The van der Waals surface area contributed by atoms with Crippen molar-refractivity contribution in [2.24, 2.45) is 5.73 Å². The van der Waals surface area contributed by atoms with Crippen molar-refractivity contribution in [1.82, 2.24) is 0 Å². The number of carbonyl (C=O) groups excluding carboxylic acids is 1. The quantitative estimate of drug-likeness (QED) is 0.478. The molecule has 1 unspecified atom stereocenters. The fourth-order valence-electron chi connectivity index (χ4n) is 1.45. The minimum absolute atomic E-state index is 0.337. The van der Waals surface area contributed by atoms with Crippen LogP contribution in [0.3, 0.4) is 0 Å². The van der Waals surface area contributed by atoms with Gasteiger partial charge in [0.1, 0.15) is 6.04 Å². The van der Waals surface area contributed by atoms with Crippen LogP contribution in [0, 0.1) is 0 Å². The van der Waals surface area contributed by atoms with Crippen molar-refractivity contribution in [2.75, 3.05) is 6.61 Å². The standard InChI is InChI=1S/C11H15NO2.C6H8O2/c1-2-14-11(13)10(12)8-9-6-4-3-5-7-9;1-2-3-4-5-6(7)8/h3-7,10H,2,8,12H2,1H3;2-5H,1H3,(H,7,8)/b;3-2+,5-4+. The molecule has 0 fully saturated rings. The third-order valence-electron chi connectivity index (χ3n) is 2.43. The number of hydrogen-bond donors (Lipinski definition) is 2. The molecule has 5 heteroatoms. The molecule has 0 aliphatic carbocycles. The highest BCUT2D eigenvalue weighted by molar-refractivity contribution is 5.80. The number of allylic oxidation sites excluding steroid dienone is 3. The van der Waals surface area contributed by atoms with E-state index >= 15 is 0 Å². The lowest BCUT2D eigenvalue weighted by atomic mass is 10.1. The van der Waals surface area contributed by atoms with Crippen LogP contribution in [-0.2, 0) is 20.7 Å². The number of carbonyl (C=O) groups is 2. The molecular weight excluding hydrogens is 282 g/mol. The summed E-state index contributed by atoms with van der Waals surface area (Å²) in [7, 11) is 0. The number of benzene rings is 1. The number of aliphatic carboxylic acids is 1. The van der Waals surface area contributed by atoms with Gasteiger partial charge in [-0.1, -0.05) is 48.6 Å². The largest absolute Gasteiger partial charge is 0.478 e. The summed E-state index contributed by atoms with van der Waals surface area (Å²) in [6.45, 7) is 3.97. The lowest BCUT2D eigenvalue weighted by Gasteiger charge is -2.09. The molecule has 0 aliphatic heterocycles. The van der Waals surface area contributed by atoms with Crippen LogP contribution in [0.5, 0.6) is 0 Å². The average Bonchev–Trinajstić information content (AvgIpc) is 2.49. The maximum atomic E-state index is 11.2. The van der Waals surface area contributed by atoms with E-state index in [1.165, 1.54) is 6.08 Å². The van der Waals surface area contributed by atoms with Crippen LogP contribution in [0.2, 0.25) is 0 Å². The monoisotopic (exact) mass is 305 g/mol. The van der Waals surface area contributed by atoms with E-state index in [0.717, 1.165) is 11.6 Å². The molecule has 0 aliphatic rings. The average molecular weight is 305 g/mol. The molecule has 0 saturated heterocycles. The van der Waals surface area contributed by atoms with Gasteiger partial charge >= 0.3 is 11.9 Å². The number of carboxylic acids is 1. The highest BCUT2D eigenvalue weighted by atomic mass is 16.5. The number of ether oxygens (including phenoxy) is 1. The molecule has 1 rings (SSSR count). The number of rotatable bonds is 6. The number of nitrogens with two attached hydrogens (primary N) is 1. The fourth-order valence-corrected chi connectivity index (χ4v) is 1.45. The molecule has 0 saturated carbocycles. The summed E-state index contributed by atoms with van der Waals surface area (Å²) in [6.07, 6.45) is 6.51. The van der Waals surface area contributed by atoms with Crippen LogP contribution in [0.25, 0.3) is 0 Å². The lowest BCUT2D eigenvalue weighted by molar-refractivity contribution is -0.144. The Labute approximate surface area is 131 Å². The minimum atomic E-state index is -0.914. The van der Waals surface area contributed by atoms with E-state index < -0.39 is 12.0 Å². The van der Waals surface area contributed by atoms with Gasteiger partial charge in [-0.2, -0.15) is 0 Å². The normalized spacial score (nSPS) is 11.8. The third kappa shape index (κ3) is 10.4. The van der Waals surface area contributed by atoms with Gasteiger partial charge in [0.2, 0.25) is 0 Å². The zero-order valence-corrected chi connectivity index (χ0v) is 12.9. The summed E-state index contributed by atoms with van der Waals surface area (Å²) in [5, 5.41) is 8.02. The summed E-state index contributed by atoms with van der Waals surface area (Å²) >= 11 is 0. The zero-order chi connectivity index (χ0) is 16.8. The maximum absolute atomic E-state index is 11.2. The van der Waals surface area contributed by atoms with E-state index in [1.807, 2.05) is 37.3 Å². The van der Waals surface area contributed by atoms with Gasteiger partial charge < -0.3 is 15.6 Å². The number of carboxylic acid groups (broad SMARTS) is 1. The first-order valence-corrected chi connectivity index (χ1v) is 6.99. The zero-order valence-electron chi connectivity index (χ0n) is 12.9. The van der Waals surface area contributed by atoms with Gasteiger partial charge in [-0.3, -0.25) is 4.79 Å². The Morgan fingerprint density at radius 3 is 2.41 bits per heavy atom. The Morgan fingerprint density at radius 1 is 1.27 bits per heavy atom. The van der Waals surface area contributed by atoms with E-state index in [-0.39, 0.29) is 5.97 Å². The molecule has 0 radical (unpaired) electrons. The van der Waals surface area contributed by atoms with Crippen molar-refractivity contribution < 1.29 is 19.4 Å². The van der Waals surface area contributed by atoms with Crippen LogP contribution in [0.4, 0.5) is 0 Å². The minimum Gasteiger partial charge on any atom is -0.478 e. The molecule has 0 bridgehead atoms. The Balaban J connectivity index is 0.000000472. The summed E-state index contributed by atoms with van der Waals surface area (Å²) < 4.78 is 4.81. The number of esters is 1. The van der Waals surface area contributed by atoms with Gasteiger partial charge in [-0.25, -0.2) is 4.79 Å². The molecule has 22 heavy (non-hydrogen) atoms. The second-order valence-corrected chi connectivity index (χ2v) is 4.27. The van der Waals surface area contributed by atoms with Gasteiger partial charge in [0.05, 0.1) is 6.61 Å². The maximum Gasteiger partial charge on any atom is 0.328 e. The Kier molecular flexibility index (Phi) is 11.0. The van der Waals surface area contributed by atoms with Gasteiger partial charge in [-0.05, 0) is 25.8 Å². The first-order valence-electron chi connectivity index (χ1n) is 6.99. The second-order valence-electron chi connectivity index (χ2n) is 4.27. The van der Waals surface area contributed by atoms with Crippen LogP contribution >= 0.6 is 0 Å². The molecule has 120 valence electrons. The van der Waals surface area contributed by atoms with E-state index in [4.69, 9.17) is 15.6 Å². The van der Waals surface area contributed by atoms with Crippen molar-refractivity contribution in [1.29, 1.82) is 0 Å². The van der Waals surface area contributed by atoms with Gasteiger partial charge in [-0.15, -0.1) is 0 Å². The Bertz CT molecular complexity index is 495. The van der Waals surface area contributed by atoms with Crippen LogP contribution in [0.1, 0.15) is 19.4 Å². The first kappa shape index (κ1) is 19.6. The Morgan fingerprint density at radius 2 is 1.91 bits per heavy atom. The van der Waals surface area contributed by atoms with Gasteiger partial charge in [0.25, 0.3) is 0 Å². The smallest absolute Gasteiger partial charge is 0.328 e. The molecule has 0 spiro atoms. The fraction of sp³-hybridized carbons (Fsp3) is 0.294. The van der Waals surface area contributed by atoms with Gasteiger partial charge in [0.15, 0.2) is 0 Å². The topological polar surface area (TPSA) is 89.6 Å². The molecule has 1 atom stereocenters. The second kappa shape index (κ2) is 12.3. The highest BCUT2D eigenvalue weighted by Gasteiger charge is 2.14. The SMILES string of the molecule is C/C=C/C=C/C(=O)O.CCOC(=O)C(N)Cc1ccccc1. The van der Waals surface area contributed by atoms with Crippen LogP contribution in [0.15, 0.2) is 54.6 Å². The van der Waals surface area contributed by atoms with Crippen molar-refractivity contribution in [3.8, 4) is 0 Å². The summed E-state index contributed by atoms with van der Waals surface area (Å²) in [5.41, 5.74) is 6.71. The molecular formula is C17H23NO4. The van der Waals surface area contributed by atoms with Crippen LogP contribution in [-0.4, -0.2) is 29.7 Å². The molecule has 3 N–H and O–H groups in total. The van der Waals surface area contributed by atoms with Crippen molar-refractivity contribution in [3.63, 3.8) is 0 Å². The van der Waals surface area contributed by atoms with Gasteiger partial charge in [0, 0.05) is 6.08 Å². The first-order chi connectivity index (χ1) is 10.5. The predicted octanol–water partition coefficient (Wildman–Crippen LogP) is 2.32. The molecule has 5 nitrogen and oxygen atoms in total. The van der Waals surface area contributed by atoms with E-state index in [9.17, 15) is 9.59 Å². The Hall–Kier alpha value is -2.40. The molecule has 0 heterocycles. The molecule has 1 aromatic carbocycles. The summed E-state index contributed by atoms with van der Waals surface area (Å²) in [6, 6.07) is 9.11. The summed E-state index contributed by atoms with van der Waals surface area (Å²) in [5.74, 6) is -1.25. The molecule has 1 aromatic rings. The van der Waals surface area contributed by atoms with E-state index in [0.29, 0.717) is 13.0 Å². The lowest BCUT2D eigenvalue weighted by Crippen LogP contribution is -2.34. The number of hydrogen-bond acceptors (Lipinski definition) is 4. The predicted molar refractivity (Wildman–Crippen MR) is 86.3 cm³/mol. The highest BCUT2D eigenvalue weighted by Crippen LogP contribution is 2.02. The van der Waals surface area contributed by atoms with Crippen molar-refractivity contribution in [2.45, 2.75) is 26.3 Å². The molecule has 0 amide bonds. The third-order valence-corrected chi connectivity index (χ3v) is 2.43. The van der Waals surface area contributed by atoms with E-state index in [2.05, 4.69) is 0 Å². The van der Waals surface area contributed by atoms with Crippen LogP contribution < -0.4 is 5.73 Å². The summed E-state index contributed by atoms with van der Waals surface area (Å²) in [4.78, 5) is 21.0. The van der Waals surface area contributed by atoms with Crippen molar-refractivity contribution >= 4 is 11.9 Å². The van der Waals surface area contributed by atoms with E-state index in [1.54, 1.807) is 19.1 Å².